The quantitative estimate of drug-likeness (QED) is 0.0582. The van der Waals surface area contributed by atoms with E-state index in [-0.39, 0.29) is 83.5 Å². The molecule has 38 heavy (non-hydrogen) atoms. The summed E-state index contributed by atoms with van der Waals surface area (Å²) in [6.07, 6.45) is 26.8. The van der Waals surface area contributed by atoms with E-state index in [1.54, 1.807) is 0 Å². The Morgan fingerprint density at radius 2 is 1.58 bits per heavy atom. The van der Waals surface area contributed by atoms with Gasteiger partial charge < -0.3 is 10.7 Å². The van der Waals surface area contributed by atoms with Gasteiger partial charge in [0.1, 0.15) is 0 Å². The third kappa shape index (κ3) is 13.6. The van der Waals surface area contributed by atoms with E-state index in [9.17, 15) is 0 Å². The van der Waals surface area contributed by atoms with Crippen molar-refractivity contribution in [3.8, 4) is 0 Å². The third-order valence-corrected chi connectivity index (χ3v) is 8.20. The summed E-state index contributed by atoms with van der Waals surface area (Å²) >= 11 is 9.04. The number of fused-ring (bicyclic) bond motifs is 1. The third-order valence-electron chi connectivity index (χ3n) is 6.98. The topological polar surface area (TPSA) is 39.6 Å². The summed E-state index contributed by atoms with van der Waals surface area (Å²) < 4.78 is -2.41. The molecule has 2 atom stereocenters. The first kappa shape index (κ1) is 39.5. The molecular formula is C31H46BCe2N2S2-. The van der Waals surface area contributed by atoms with E-state index in [1.807, 2.05) is 13.1 Å². The Morgan fingerprint density at radius 1 is 0.974 bits per heavy atom. The number of unbranched alkanes of at least 4 members (excludes halogenated alkanes) is 8. The fourth-order valence-electron chi connectivity index (χ4n) is 4.54. The van der Waals surface area contributed by atoms with Crippen molar-refractivity contribution in [1.29, 1.82) is 0 Å². The monoisotopic (exact) mass is 801 g/mol. The van der Waals surface area contributed by atoms with Crippen LogP contribution >= 0.6 is 25.3 Å². The van der Waals surface area contributed by atoms with E-state index in [0.29, 0.717) is 0 Å². The fraction of sp³-hybridized carbons (Fsp3) is 0.548. The average molecular weight is 802 g/mol. The molecule has 1 heterocycles. The zero-order chi connectivity index (χ0) is 26.4. The number of nitrogens with one attached hydrogen (secondary N) is 2. The summed E-state index contributed by atoms with van der Waals surface area (Å²) in [5.74, 6) is 0. The minimum atomic E-state index is -1.50. The molecule has 0 saturated carbocycles. The van der Waals surface area contributed by atoms with Gasteiger partial charge in [-0.15, -0.1) is 0 Å². The van der Waals surface area contributed by atoms with Crippen LogP contribution in [0.3, 0.4) is 0 Å². The van der Waals surface area contributed by atoms with E-state index >= 15 is 0 Å². The maximum atomic E-state index is 8.26. The van der Waals surface area contributed by atoms with Gasteiger partial charge >= 0.3 is 0 Å². The van der Waals surface area contributed by atoms with E-state index in [4.69, 9.17) is 26.2 Å². The molecule has 2 radical (unpaired) electrons. The Labute approximate surface area is 312 Å². The summed E-state index contributed by atoms with van der Waals surface area (Å²) in [5, 5.41) is 1.09. The number of benzene rings is 1. The normalized spacial score (nSPS) is 14.8. The van der Waals surface area contributed by atoms with Crippen molar-refractivity contribution in [2.45, 2.75) is 107 Å². The Morgan fingerprint density at radius 3 is 2.21 bits per heavy atom. The molecule has 0 saturated heterocycles. The molecule has 0 aliphatic rings. The number of rotatable bonds is 18. The van der Waals surface area contributed by atoms with Crippen LogP contribution in [0.1, 0.15) is 102 Å². The number of hydrogen-bond donors (Lipinski definition) is 3. The van der Waals surface area contributed by atoms with Crippen LogP contribution in [-0.4, -0.2) is 17.6 Å². The second kappa shape index (κ2) is 21.2. The molecule has 2 nitrogen and oxygen atoms in total. The van der Waals surface area contributed by atoms with E-state index < -0.39 is 9.52 Å². The minimum Gasteiger partial charge on any atom is -0.669 e. The largest absolute Gasteiger partial charge is 0.669 e. The van der Waals surface area contributed by atoms with Crippen molar-refractivity contribution in [3.63, 3.8) is 0 Å². The van der Waals surface area contributed by atoms with Gasteiger partial charge in [0.25, 0.3) is 0 Å². The maximum Gasteiger partial charge on any atom is 0.0600 e. The second-order valence-electron chi connectivity index (χ2n) is 10.3. The van der Waals surface area contributed by atoms with Crippen molar-refractivity contribution < 1.29 is 83.5 Å². The minimum absolute atomic E-state index is 0. The predicted octanol–water partition coefficient (Wildman–Crippen LogP) is 10.0. The summed E-state index contributed by atoms with van der Waals surface area (Å²) in [4.78, 5) is 3.32. The van der Waals surface area contributed by atoms with Crippen molar-refractivity contribution in [3.05, 3.63) is 77.7 Å². The van der Waals surface area contributed by atoms with Gasteiger partial charge in [-0.05, 0) is 75.5 Å². The Bertz CT molecular complexity index is 993. The standard InChI is InChI=1S/C31H46BN2S2.2Ce/c1-4-5-6-7-8-9-10-11-12-13-14-15-16-17-18-20-25(2)23-26-21-19-22-28-29(26)27(24-34-28)30(3,35)31(32,33)36;;/h8-9,11-12,19,21-22,24,33-36H,2,4-7,10,13-18,20,23H2,1,3H3;;/q-1;;/b9-8-,12-11-;;. The van der Waals surface area contributed by atoms with Crippen LogP contribution in [0.2, 0.25) is 0 Å². The molecule has 7 heteroatoms. The first-order valence-corrected chi connectivity index (χ1v) is 14.6. The molecular weight excluding hydrogens is 756 g/mol. The number of H-pyrrole nitrogens is 1. The van der Waals surface area contributed by atoms with E-state index in [1.165, 1.54) is 75.3 Å². The van der Waals surface area contributed by atoms with Gasteiger partial charge in [0.2, 0.25) is 0 Å². The molecule has 1 aromatic heterocycles. The maximum absolute atomic E-state index is 8.26. The zero-order valence-electron chi connectivity index (χ0n) is 23.5. The van der Waals surface area contributed by atoms with Gasteiger partial charge in [0, 0.05) is 105 Å². The van der Waals surface area contributed by atoms with Crippen molar-refractivity contribution in [1.82, 2.24) is 4.98 Å². The van der Waals surface area contributed by atoms with Crippen LogP contribution in [0.4, 0.5) is 0 Å². The summed E-state index contributed by atoms with van der Waals surface area (Å²) in [6, 6.07) is 6.26. The van der Waals surface area contributed by atoms with Crippen LogP contribution < -0.4 is 0 Å². The summed E-state index contributed by atoms with van der Waals surface area (Å²) in [5.41, 5.74) is 12.7. The number of hydrogen-bond acceptors (Lipinski definition) is 2. The van der Waals surface area contributed by atoms with Crippen molar-refractivity contribution >= 4 is 44.0 Å². The smallest absolute Gasteiger partial charge is 0.0600 e. The van der Waals surface area contributed by atoms with Crippen molar-refractivity contribution in [2.24, 2.45) is 0 Å². The van der Waals surface area contributed by atoms with Crippen LogP contribution in [0, 0.1) is 83.5 Å². The van der Waals surface area contributed by atoms with Gasteiger partial charge in [-0.3, -0.25) is 0 Å². The molecule has 0 aliphatic carbocycles. The molecule has 1 aromatic carbocycles. The Kier molecular flexibility index (Phi) is 22.0. The molecule has 2 rings (SSSR count). The first-order valence-electron chi connectivity index (χ1n) is 13.7. The van der Waals surface area contributed by atoms with Crippen LogP contribution in [-0.2, 0) is 11.2 Å². The zero-order valence-corrected chi connectivity index (χ0v) is 31.6. The van der Waals surface area contributed by atoms with Crippen LogP contribution in [0.25, 0.3) is 16.6 Å². The molecule has 2 N–H and O–H groups in total. The average Bonchev–Trinajstić information content (AvgIpc) is 3.27. The molecule has 0 bridgehead atoms. The van der Waals surface area contributed by atoms with Gasteiger partial charge in [0.05, 0.1) is 7.85 Å². The number of aromatic amines is 1. The summed E-state index contributed by atoms with van der Waals surface area (Å²) in [6.45, 7) is 8.47. The van der Waals surface area contributed by atoms with Gasteiger partial charge in [-0.1, -0.05) is 92.4 Å². The second-order valence-corrected chi connectivity index (χ2v) is 11.9. The molecule has 2 unspecified atom stereocenters. The van der Waals surface area contributed by atoms with Gasteiger partial charge in [-0.2, -0.15) is 12.6 Å². The fourth-order valence-corrected chi connectivity index (χ4v) is 4.84. The molecule has 0 amide bonds. The molecule has 0 fully saturated rings. The predicted molar refractivity (Wildman–Crippen MR) is 169 cm³/mol. The number of thiol groups is 2. The summed E-state index contributed by atoms with van der Waals surface area (Å²) in [7, 11) is 6.03. The number of aromatic nitrogens is 1. The van der Waals surface area contributed by atoms with E-state index in [2.05, 4.69) is 73.6 Å². The first-order chi connectivity index (χ1) is 17.2. The molecule has 0 spiro atoms. The Balaban J connectivity index is 0.00000684. The molecule has 204 valence electrons. The van der Waals surface area contributed by atoms with Crippen LogP contribution in [0.5, 0.6) is 0 Å². The van der Waals surface area contributed by atoms with Crippen molar-refractivity contribution in [2.75, 3.05) is 0 Å². The SMILES string of the molecule is [B]C([NH-])(S)C(C)(S)c1c[nH]c2cccc(CC(=C)CCCCCCC/C=C\C/C=C\CCCCC)c12.[Ce].[Ce]. The number of allylic oxidation sites excluding steroid dienone is 5. The molecule has 0 aliphatic heterocycles. The molecule has 2 aromatic rings. The van der Waals surface area contributed by atoms with E-state index in [0.717, 1.165) is 35.7 Å². The van der Waals surface area contributed by atoms with Crippen LogP contribution in [0.15, 0.2) is 60.9 Å². The van der Waals surface area contributed by atoms with Gasteiger partial charge in [0.15, 0.2) is 0 Å². The van der Waals surface area contributed by atoms with Gasteiger partial charge in [-0.25, -0.2) is 12.6 Å². The Hall–Kier alpha value is 1.46.